The van der Waals surface area contributed by atoms with Gasteiger partial charge in [0.2, 0.25) is 0 Å². The molecule has 1 atom stereocenters. The second-order valence-corrected chi connectivity index (χ2v) is 7.77. The maximum atomic E-state index is 14.4. The maximum Gasteiger partial charge on any atom is 0.259 e. The fourth-order valence-corrected chi connectivity index (χ4v) is 4.15. The van der Waals surface area contributed by atoms with Gasteiger partial charge in [-0.1, -0.05) is 0 Å². The fourth-order valence-electron chi connectivity index (χ4n) is 4.15. The Hall–Kier alpha value is -3.59. The van der Waals surface area contributed by atoms with Crippen LogP contribution in [0.4, 0.5) is 15.9 Å². The van der Waals surface area contributed by atoms with E-state index in [2.05, 4.69) is 30.6 Å². The SMILES string of the molecule is CN[C@H]1CCN(c2ncc(C(=O)Nc3cc(F)c4nn(C)cc4c3)c3ncccc23)C1. The second-order valence-electron chi connectivity index (χ2n) is 7.77. The van der Waals surface area contributed by atoms with Gasteiger partial charge in [-0.2, -0.15) is 5.10 Å². The first kappa shape index (κ1) is 19.4. The van der Waals surface area contributed by atoms with E-state index in [1.807, 2.05) is 19.2 Å². The van der Waals surface area contributed by atoms with E-state index in [1.54, 1.807) is 31.7 Å². The van der Waals surface area contributed by atoms with E-state index >= 15 is 0 Å². The van der Waals surface area contributed by atoms with Crippen LogP contribution in [0.15, 0.2) is 42.9 Å². The number of benzene rings is 1. The number of halogens is 1. The molecule has 0 aliphatic carbocycles. The third-order valence-corrected chi connectivity index (χ3v) is 5.69. The van der Waals surface area contributed by atoms with Crippen molar-refractivity contribution in [2.45, 2.75) is 12.5 Å². The Bertz CT molecular complexity index is 1300. The van der Waals surface area contributed by atoms with Crippen molar-refractivity contribution in [2.24, 2.45) is 7.05 Å². The molecule has 8 nitrogen and oxygen atoms in total. The standard InChI is InChI=1S/C22H22FN7O/c1-24-14-5-7-30(12-14)21-16-4-3-6-25-20(16)17(10-26-21)22(31)27-15-8-13-11-29(2)28-19(13)18(23)9-15/h3-4,6,8-11,14,24H,5,7,12H2,1-2H3,(H,27,31)/t14-/m0/s1. The summed E-state index contributed by atoms with van der Waals surface area (Å²) in [6.45, 7) is 1.74. The van der Waals surface area contributed by atoms with E-state index in [9.17, 15) is 9.18 Å². The van der Waals surface area contributed by atoms with Gasteiger partial charge in [0.05, 0.1) is 11.1 Å². The number of nitrogens with one attached hydrogen (secondary N) is 2. The third-order valence-electron chi connectivity index (χ3n) is 5.69. The van der Waals surface area contributed by atoms with E-state index in [4.69, 9.17) is 0 Å². The molecule has 1 amide bonds. The Morgan fingerprint density at radius 3 is 2.94 bits per heavy atom. The number of carbonyl (C=O) groups is 1. The minimum Gasteiger partial charge on any atom is -0.354 e. The zero-order valence-electron chi connectivity index (χ0n) is 17.3. The lowest BCUT2D eigenvalue weighted by atomic mass is 10.1. The molecule has 5 rings (SSSR count). The van der Waals surface area contributed by atoms with Crippen molar-refractivity contribution in [1.29, 1.82) is 0 Å². The molecule has 4 heterocycles. The number of aromatic nitrogens is 4. The minimum absolute atomic E-state index is 0.268. The largest absolute Gasteiger partial charge is 0.354 e. The Balaban J connectivity index is 1.49. The zero-order valence-corrected chi connectivity index (χ0v) is 17.3. The molecule has 1 aliphatic rings. The Labute approximate surface area is 178 Å². The van der Waals surface area contributed by atoms with Crippen molar-refractivity contribution in [3.8, 4) is 0 Å². The van der Waals surface area contributed by atoms with Crippen LogP contribution in [-0.2, 0) is 7.05 Å². The van der Waals surface area contributed by atoms with Gasteiger partial charge in [-0.05, 0) is 37.7 Å². The fraction of sp³-hybridized carbons (Fsp3) is 0.273. The lowest BCUT2D eigenvalue weighted by molar-refractivity contribution is 0.102. The van der Waals surface area contributed by atoms with Gasteiger partial charge in [0, 0.05) is 61.2 Å². The number of rotatable bonds is 4. The summed E-state index contributed by atoms with van der Waals surface area (Å²) in [5, 5.41) is 11.6. The first-order valence-electron chi connectivity index (χ1n) is 10.1. The van der Waals surface area contributed by atoms with E-state index in [0.717, 1.165) is 30.7 Å². The summed E-state index contributed by atoms with van der Waals surface area (Å²) in [5.74, 6) is -0.0573. The molecule has 0 saturated carbocycles. The number of nitrogens with zero attached hydrogens (tertiary/aromatic N) is 5. The van der Waals surface area contributed by atoms with Gasteiger partial charge < -0.3 is 15.5 Å². The minimum atomic E-state index is -0.488. The zero-order chi connectivity index (χ0) is 21.5. The van der Waals surface area contributed by atoms with E-state index in [1.165, 1.54) is 10.7 Å². The molecule has 1 saturated heterocycles. The van der Waals surface area contributed by atoms with Crippen LogP contribution in [0.5, 0.6) is 0 Å². The van der Waals surface area contributed by atoms with Gasteiger partial charge in [0.1, 0.15) is 11.3 Å². The Kier molecular flexibility index (Phi) is 4.74. The predicted molar refractivity (Wildman–Crippen MR) is 118 cm³/mol. The summed E-state index contributed by atoms with van der Waals surface area (Å²) in [7, 11) is 3.68. The van der Waals surface area contributed by atoms with Gasteiger partial charge >= 0.3 is 0 Å². The van der Waals surface area contributed by atoms with Crippen LogP contribution in [0.25, 0.3) is 21.8 Å². The molecule has 0 bridgehead atoms. The summed E-state index contributed by atoms with van der Waals surface area (Å²) >= 11 is 0. The number of hydrogen-bond donors (Lipinski definition) is 2. The Morgan fingerprint density at radius 1 is 1.26 bits per heavy atom. The monoisotopic (exact) mass is 419 g/mol. The van der Waals surface area contributed by atoms with Crippen molar-refractivity contribution in [2.75, 3.05) is 30.4 Å². The van der Waals surface area contributed by atoms with E-state index in [0.29, 0.717) is 28.2 Å². The maximum absolute atomic E-state index is 14.4. The molecule has 2 N–H and O–H groups in total. The highest BCUT2D eigenvalue weighted by molar-refractivity contribution is 6.13. The van der Waals surface area contributed by atoms with Crippen molar-refractivity contribution in [1.82, 2.24) is 25.1 Å². The first-order valence-corrected chi connectivity index (χ1v) is 10.1. The molecule has 1 fully saturated rings. The van der Waals surface area contributed by atoms with Crippen molar-refractivity contribution < 1.29 is 9.18 Å². The van der Waals surface area contributed by atoms with E-state index in [-0.39, 0.29) is 11.4 Å². The highest BCUT2D eigenvalue weighted by Crippen LogP contribution is 2.29. The van der Waals surface area contributed by atoms with Crippen molar-refractivity contribution in [3.05, 3.63) is 54.2 Å². The predicted octanol–water partition coefficient (Wildman–Crippen LogP) is 2.71. The third kappa shape index (κ3) is 3.46. The molecular formula is C22H22FN7O. The van der Waals surface area contributed by atoms with Crippen LogP contribution in [0.3, 0.4) is 0 Å². The van der Waals surface area contributed by atoms with Crippen LogP contribution in [0.2, 0.25) is 0 Å². The van der Waals surface area contributed by atoms with Gasteiger partial charge in [-0.3, -0.25) is 14.5 Å². The van der Waals surface area contributed by atoms with Gasteiger partial charge in [0.15, 0.2) is 5.82 Å². The summed E-state index contributed by atoms with van der Waals surface area (Å²) in [6.07, 6.45) is 5.94. The summed E-state index contributed by atoms with van der Waals surface area (Å²) in [5.41, 5.74) is 1.54. The molecule has 31 heavy (non-hydrogen) atoms. The van der Waals surface area contributed by atoms with Crippen LogP contribution < -0.4 is 15.5 Å². The van der Waals surface area contributed by atoms with Crippen LogP contribution in [0, 0.1) is 5.82 Å². The summed E-state index contributed by atoms with van der Waals surface area (Å²) < 4.78 is 15.9. The number of hydrogen-bond acceptors (Lipinski definition) is 6. The van der Waals surface area contributed by atoms with Gasteiger partial charge in [-0.25, -0.2) is 9.37 Å². The molecule has 0 spiro atoms. The van der Waals surface area contributed by atoms with Crippen molar-refractivity contribution in [3.63, 3.8) is 0 Å². The average molecular weight is 419 g/mol. The number of anilines is 2. The molecule has 9 heteroatoms. The number of carbonyl (C=O) groups excluding carboxylic acids is 1. The average Bonchev–Trinajstić information content (AvgIpc) is 3.39. The smallest absolute Gasteiger partial charge is 0.259 e. The van der Waals surface area contributed by atoms with Gasteiger partial charge in [0.25, 0.3) is 5.91 Å². The number of aryl methyl sites for hydroxylation is 1. The highest BCUT2D eigenvalue weighted by Gasteiger charge is 2.25. The molecule has 1 aromatic carbocycles. The van der Waals surface area contributed by atoms with Crippen LogP contribution in [0.1, 0.15) is 16.8 Å². The molecule has 4 aromatic rings. The molecule has 1 aliphatic heterocycles. The summed E-state index contributed by atoms with van der Waals surface area (Å²) in [4.78, 5) is 24.3. The molecular weight excluding hydrogens is 397 g/mol. The van der Waals surface area contributed by atoms with Crippen LogP contribution in [-0.4, -0.2) is 51.8 Å². The number of pyridine rings is 2. The highest BCUT2D eigenvalue weighted by atomic mass is 19.1. The van der Waals surface area contributed by atoms with Crippen LogP contribution >= 0.6 is 0 Å². The Morgan fingerprint density at radius 2 is 2.13 bits per heavy atom. The lowest BCUT2D eigenvalue weighted by Gasteiger charge is -2.20. The van der Waals surface area contributed by atoms with Crippen molar-refractivity contribution >= 4 is 39.2 Å². The first-order chi connectivity index (χ1) is 15.0. The quantitative estimate of drug-likeness (QED) is 0.529. The molecule has 0 radical (unpaired) electrons. The molecule has 158 valence electrons. The lowest BCUT2D eigenvalue weighted by Crippen LogP contribution is -2.30. The number of amides is 1. The normalized spacial score (nSPS) is 16.4. The van der Waals surface area contributed by atoms with Gasteiger partial charge in [-0.15, -0.1) is 0 Å². The second kappa shape index (κ2) is 7.59. The molecule has 3 aromatic heterocycles. The van der Waals surface area contributed by atoms with E-state index < -0.39 is 5.82 Å². The number of fused-ring (bicyclic) bond motifs is 2. The number of likely N-dealkylation sites (N-methyl/N-ethyl adjacent to an activating group) is 1. The molecule has 0 unspecified atom stereocenters. The summed E-state index contributed by atoms with van der Waals surface area (Å²) in [6, 6.07) is 7.14. The topological polar surface area (TPSA) is 88.0 Å².